The van der Waals surface area contributed by atoms with E-state index < -0.39 is 0 Å². The van der Waals surface area contributed by atoms with Crippen LogP contribution in [-0.2, 0) is 9.53 Å². The normalized spacial score (nSPS) is 26.3. The molecular formula is C20H29N3O3S. The monoisotopic (exact) mass is 391 g/mol. The predicted molar refractivity (Wildman–Crippen MR) is 108 cm³/mol. The van der Waals surface area contributed by atoms with Crippen LogP contribution in [0.4, 0.5) is 5.69 Å². The molecule has 1 aromatic rings. The summed E-state index contributed by atoms with van der Waals surface area (Å²) in [5.74, 6) is -0.153. The molecule has 2 aliphatic heterocycles. The molecule has 0 bridgehead atoms. The number of hydrogen-bond donors (Lipinski definition) is 2. The minimum Gasteiger partial charge on any atom is -0.373 e. The van der Waals surface area contributed by atoms with Crippen molar-refractivity contribution in [1.82, 2.24) is 10.2 Å². The van der Waals surface area contributed by atoms with Crippen molar-refractivity contribution in [2.24, 2.45) is 0 Å². The van der Waals surface area contributed by atoms with Gasteiger partial charge in [-0.05, 0) is 52.8 Å². The highest BCUT2D eigenvalue weighted by Crippen LogP contribution is 2.35. The fraction of sp³-hybridized carbons (Fsp3) is 0.600. The number of fused-ring (bicyclic) bond motifs is 1. The number of morpholine rings is 1. The summed E-state index contributed by atoms with van der Waals surface area (Å²) in [5, 5.41) is 5.81. The summed E-state index contributed by atoms with van der Waals surface area (Å²) in [6.45, 7) is 12.6. The van der Waals surface area contributed by atoms with Gasteiger partial charge in [0.2, 0.25) is 5.91 Å². The first-order valence-corrected chi connectivity index (χ1v) is 10.3. The maximum Gasteiger partial charge on any atom is 0.251 e. The number of thioether (sulfide) groups is 1. The second kappa shape index (κ2) is 7.81. The van der Waals surface area contributed by atoms with Crippen LogP contribution in [0.25, 0.3) is 0 Å². The minimum absolute atomic E-state index is 0.0262. The highest BCUT2D eigenvalue weighted by molar-refractivity contribution is 8.00. The van der Waals surface area contributed by atoms with Gasteiger partial charge in [-0.15, -0.1) is 11.8 Å². The minimum atomic E-state index is -0.171. The first kappa shape index (κ1) is 20.2. The molecule has 2 aliphatic rings. The van der Waals surface area contributed by atoms with Crippen molar-refractivity contribution in [3.8, 4) is 0 Å². The van der Waals surface area contributed by atoms with Crippen molar-refractivity contribution in [3.63, 3.8) is 0 Å². The third-order valence-corrected chi connectivity index (χ3v) is 6.31. The van der Waals surface area contributed by atoms with Crippen molar-refractivity contribution in [2.45, 2.75) is 62.5 Å². The van der Waals surface area contributed by atoms with Crippen molar-refractivity contribution in [1.29, 1.82) is 0 Å². The van der Waals surface area contributed by atoms with Gasteiger partial charge in [0.1, 0.15) is 0 Å². The third-order valence-electron chi connectivity index (χ3n) is 5.13. The molecule has 3 rings (SSSR count). The SMILES string of the molecule is C[C@@H]1CN(C(C)(C)CNC(=O)c2ccc3c(c2)NC(=O)[C@H](C)S3)C[C@H](C)O1. The average molecular weight is 392 g/mol. The van der Waals surface area contributed by atoms with Crippen LogP contribution in [0, 0.1) is 0 Å². The second-order valence-electron chi connectivity index (χ2n) is 8.12. The van der Waals surface area contributed by atoms with Crippen LogP contribution in [0.15, 0.2) is 23.1 Å². The van der Waals surface area contributed by atoms with Crippen molar-refractivity contribution in [2.75, 3.05) is 25.0 Å². The summed E-state index contributed by atoms with van der Waals surface area (Å²) in [5.41, 5.74) is 1.10. The lowest BCUT2D eigenvalue weighted by Gasteiger charge is -2.45. The van der Waals surface area contributed by atoms with Crippen LogP contribution in [0.1, 0.15) is 45.0 Å². The Hall–Kier alpha value is -1.57. The van der Waals surface area contributed by atoms with E-state index in [1.54, 1.807) is 6.07 Å². The predicted octanol–water partition coefficient (Wildman–Crippen LogP) is 2.74. The molecule has 6 nitrogen and oxygen atoms in total. The number of hydrogen-bond acceptors (Lipinski definition) is 5. The molecule has 2 N–H and O–H groups in total. The van der Waals surface area contributed by atoms with E-state index >= 15 is 0 Å². The molecule has 0 saturated carbocycles. The maximum atomic E-state index is 12.7. The van der Waals surface area contributed by atoms with E-state index in [2.05, 4.69) is 43.2 Å². The van der Waals surface area contributed by atoms with Crippen LogP contribution in [-0.4, -0.2) is 59.3 Å². The van der Waals surface area contributed by atoms with Crippen molar-refractivity contribution in [3.05, 3.63) is 23.8 Å². The van der Waals surface area contributed by atoms with Gasteiger partial charge < -0.3 is 15.4 Å². The molecule has 0 aromatic heterocycles. The number of carbonyl (C=O) groups is 2. The van der Waals surface area contributed by atoms with Gasteiger partial charge in [0.25, 0.3) is 5.91 Å². The van der Waals surface area contributed by atoms with Crippen LogP contribution < -0.4 is 10.6 Å². The molecule has 27 heavy (non-hydrogen) atoms. The molecule has 0 spiro atoms. The number of nitrogens with zero attached hydrogens (tertiary/aromatic N) is 1. The lowest BCUT2D eigenvalue weighted by Crippen LogP contribution is -2.58. The zero-order chi connectivity index (χ0) is 19.8. The molecule has 1 aromatic carbocycles. The van der Waals surface area contributed by atoms with E-state index in [-0.39, 0.29) is 34.8 Å². The summed E-state index contributed by atoms with van der Waals surface area (Å²) in [4.78, 5) is 27.9. The summed E-state index contributed by atoms with van der Waals surface area (Å²) in [6, 6.07) is 5.48. The highest BCUT2D eigenvalue weighted by Gasteiger charge is 2.33. The molecule has 7 heteroatoms. The number of carbonyl (C=O) groups excluding carboxylic acids is 2. The number of benzene rings is 1. The smallest absolute Gasteiger partial charge is 0.251 e. The number of rotatable bonds is 4. The standard InChI is InChI=1S/C20H29N3O3S/c1-12-9-23(10-13(2)26-12)20(4,5)11-21-19(25)15-6-7-17-16(8-15)22-18(24)14(3)27-17/h6-8,12-14H,9-11H2,1-5H3,(H,21,25)(H,22,24)/t12-,13+,14-/m0/s1. The van der Waals surface area contributed by atoms with Crippen LogP contribution >= 0.6 is 11.8 Å². The Labute approximate surface area is 165 Å². The van der Waals surface area contributed by atoms with E-state index in [1.807, 2.05) is 19.1 Å². The second-order valence-corrected chi connectivity index (χ2v) is 9.50. The van der Waals surface area contributed by atoms with Gasteiger partial charge in [0.15, 0.2) is 0 Å². The summed E-state index contributed by atoms with van der Waals surface area (Å²) >= 11 is 1.51. The highest BCUT2D eigenvalue weighted by atomic mass is 32.2. The summed E-state index contributed by atoms with van der Waals surface area (Å²) in [7, 11) is 0. The number of ether oxygens (including phenoxy) is 1. The quantitative estimate of drug-likeness (QED) is 0.826. The average Bonchev–Trinajstić information content (AvgIpc) is 2.59. The zero-order valence-electron chi connectivity index (χ0n) is 16.7. The Morgan fingerprint density at radius 2 is 1.96 bits per heavy atom. The summed E-state index contributed by atoms with van der Waals surface area (Å²) in [6.07, 6.45) is 0.376. The van der Waals surface area contributed by atoms with E-state index in [1.165, 1.54) is 11.8 Å². The molecule has 2 amide bonds. The molecule has 2 heterocycles. The van der Waals surface area contributed by atoms with Crippen LogP contribution in [0.3, 0.4) is 0 Å². The van der Waals surface area contributed by atoms with Gasteiger partial charge in [-0.25, -0.2) is 0 Å². The first-order chi connectivity index (χ1) is 12.7. The number of nitrogens with one attached hydrogen (secondary N) is 2. The maximum absolute atomic E-state index is 12.7. The molecule has 148 valence electrons. The lowest BCUT2D eigenvalue weighted by molar-refractivity contribution is -0.115. The molecule has 0 aliphatic carbocycles. The molecule has 0 radical (unpaired) electrons. The largest absolute Gasteiger partial charge is 0.373 e. The zero-order valence-corrected chi connectivity index (χ0v) is 17.5. The van der Waals surface area contributed by atoms with Gasteiger partial charge in [0.05, 0.1) is 23.1 Å². The van der Waals surface area contributed by atoms with E-state index in [4.69, 9.17) is 4.74 Å². The van der Waals surface area contributed by atoms with Crippen molar-refractivity contribution >= 4 is 29.3 Å². The number of amides is 2. The van der Waals surface area contributed by atoms with E-state index in [0.717, 1.165) is 18.0 Å². The van der Waals surface area contributed by atoms with Gasteiger partial charge >= 0.3 is 0 Å². The topological polar surface area (TPSA) is 70.7 Å². The van der Waals surface area contributed by atoms with Gasteiger partial charge in [-0.1, -0.05) is 0 Å². The molecule has 0 unspecified atom stereocenters. The van der Waals surface area contributed by atoms with Gasteiger partial charge in [-0.2, -0.15) is 0 Å². The van der Waals surface area contributed by atoms with E-state index in [0.29, 0.717) is 17.8 Å². The van der Waals surface area contributed by atoms with Crippen LogP contribution in [0.2, 0.25) is 0 Å². The Morgan fingerprint density at radius 3 is 2.63 bits per heavy atom. The van der Waals surface area contributed by atoms with Crippen molar-refractivity contribution < 1.29 is 14.3 Å². The Bertz CT molecular complexity index is 727. The molecule has 3 atom stereocenters. The lowest BCUT2D eigenvalue weighted by atomic mass is 10.00. The Morgan fingerprint density at radius 1 is 1.30 bits per heavy atom. The fourth-order valence-electron chi connectivity index (χ4n) is 3.53. The van der Waals surface area contributed by atoms with Crippen LogP contribution in [0.5, 0.6) is 0 Å². The van der Waals surface area contributed by atoms with Gasteiger partial charge in [0, 0.05) is 35.6 Å². The molecular weight excluding hydrogens is 362 g/mol. The fourth-order valence-corrected chi connectivity index (χ4v) is 4.46. The molecule has 1 fully saturated rings. The Balaban J connectivity index is 1.64. The summed E-state index contributed by atoms with van der Waals surface area (Å²) < 4.78 is 5.81. The first-order valence-electron chi connectivity index (χ1n) is 9.46. The van der Waals surface area contributed by atoms with E-state index in [9.17, 15) is 9.59 Å². The van der Waals surface area contributed by atoms with Gasteiger partial charge in [-0.3, -0.25) is 14.5 Å². The number of anilines is 1. The Kier molecular flexibility index (Phi) is 5.84. The third kappa shape index (κ3) is 4.65. The molecule has 1 saturated heterocycles.